The molecule has 1 atom stereocenters. The third-order valence-electron chi connectivity index (χ3n) is 4.02. The molecule has 23 heavy (non-hydrogen) atoms. The smallest absolute Gasteiger partial charge is 0.261 e. The summed E-state index contributed by atoms with van der Waals surface area (Å²) in [7, 11) is 3.34. The number of carbonyl (C=O) groups excluding carboxylic acids is 1. The first kappa shape index (κ1) is 15.9. The van der Waals surface area contributed by atoms with Gasteiger partial charge in [0.25, 0.3) is 5.91 Å². The monoisotopic (exact) mass is 331 g/mol. The van der Waals surface area contributed by atoms with E-state index in [1.165, 1.54) is 5.56 Å². The van der Waals surface area contributed by atoms with E-state index < -0.39 is 0 Å². The lowest BCUT2D eigenvalue weighted by atomic mass is 10.1. The van der Waals surface area contributed by atoms with Gasteiger partial charge in [0, 0.05) is 37.3 Å². The van der Waals surface area contributed by atoms with Crippen molar-refractivity contribution in [1.29, 1.82) is 0 Å². The van der Waals surface area contributed by atoms with Gasteiger partial charge in [0.05, 0.1) is 7.11 Å². The van der Waals surface area contributed by atoms with Crippen LogP contribution in [0.15, 0.2) is 36.5 Å². The lowest BCUT2D eigenvalue weighted by Crippen LogP contribution is -2.33. The maximum Gasteiger partial charge on any atom is 0.261 e. The normalized spacial score (nSPS) is 18.5. The number of ether oxygens (including phenoxy) is 1. The summed E-state index contributed by atoms with van der Waals surface area (Å²) in [6.07, 6.45) is 2.69. The fraction of sp³-hybridized carbons (Fsp3) is 0.412. The molecule has 3 rings (SSSR count). The number of aromatic nitrogens is 2. The Morgan fingerprint density at radius 3 is 2.83 bits per heavy atom. The zero-order chi connectivity index (χ0) is 16.2. The Balaban J connectivity index is 1.71. The Hall–Kier alpha value is -1.95. The highest BCUT2D eigenvalue weighted by atomic mass is 32.2. The first-order valence-corrected chi connectivity index (χ1v) is 8.77. The van der Waals surface area contributed by atoms with Crippen LogP contribution in [0.5, 0.6) is 5.88 Å². The molecule has 1 aliphatic heterocycles. The molecule has 2 heterocycles. The van der Waals surface area contributed by atoms with Gasteiger partial charge in [-0.15, -0.1) is 5.10 Å². The van der Waals surface area contributed by atoms with E-state index in [1.807, 2.05) is 22.7 Å². The number of rotatable bonds is 3. The van der Waals surface area contributed by atoms with Crippen LogP contribution in [0, 0.1) is 0 Å². The van der Waals surface area contributed by atoms with Gasteiger partial charge in [-0.25, -0.2) is 0 Å². The zero-order valence-corrected chi connectivity index (χ0v) is 14.3. The predicted molar refractivity (Wildman–Crippen MR) is 91.9 cm³/mol. The average molecular weight is 331 g/mol. The van der Waals surface area contributed by atoms with Gasteiger partial charge < -0.3 is 9.64 Å². The van der Waals surface area contributed by atoms with Gasteiger partial charge in [-0.3, -0.25) is 9.48 Å². The van der Waals surface area contributed by atoms with Crippen LogP contribution in [-0.4, -0.2) is 46.5 Å². The molecule has 1 fully saturated rings. The SMILES string of the molecule is COc1nn(C)cc1C(=O)N1CCSC(c2ccccc2)CC1. The summed E-state index contributed by atoms with van der Waals surface area (Å²) in [4.78, 5) is 14.7. The first-order chi connectivity index (χ1) is 11.2. The second-order valence-electron chi connectivity index (χ2n) is 5.58. The highest BCUT2D eigenvalue weighted by molar-refractivity contribution is 7.99. The van der Waals surface area contributed by atoms with Crippen molar-refractivity contribution in [3.63, 3.8) is 0 Å². The van der Waals surface area contributed by atoms with Crippen molar-refractivity contribution in [2.45, 2.75) is 11.7 Å². The Labute approximate surface area is 140 Å². The van der Waals surface area contributed by atoms with Gasteiger partial charge in [-0.1, -0.05) is 30.3 Å². The van der Waals surface area contributed by atoms with Crippen LogP contribution < -0.4 is 4.74 Å². The molecule has 122 valence electrons. The predicted octanol–water partition coefficient (Wildman–Crippen LogP) is 2.75. The van der Waals surface area contributed by atoms with E-state index in [9.17, 15) is 4.79 Å². The number of nitrogens with zero attached hydrogens (tertiary/aromatic N) is 3. The molecular formula is C17H21N3O2S. The number of methoxy groups -OCH3 is 1. The summed E-state index contributed by atoms with van der Waals surface area (Å²) in [5.41, 5.74) is 1.88. The minimum Gasteiger partial charge on any atom is -0.479 e. The lowest BCUT2D eigenvalue weighted by Gasteiger charge is -2.20. The molecule has 6 heteroatoms. The summed E-state index contributed by atoms with van der Waals surface area (Å²) < 4.78 is 6.83. The quantitative estimate of drug-likeness (QED) is 0.868. The van der Waals surface area contributed by atoms with E-state index in [-0.39, 0.29) is 5.91 Å². The van der Waals surface area contributed by atoms with Gasteiger partial charge >= 0.3 is 0 Å². The maximum absolute atomic E-state index is 12.8. The number of benzene rings is 1. The molecular weight excluding hydrogens is 310 g/mol. The van der Waals surface area contributed by atoms with Crippen LogP contribution in [0.3, 0.4) is 0 Å². The fourth-order valence-electron chi connectivity index (χ4n) is 2.84. The topological polar surface area (TPSA) is 47.4 Å². The molecule has 0 saturated carbocycles. The van der Waals surface area contributed by atoms with Crippen molar-refractivity contribution in [2.75, 3.05) is 26.0 Å². The summed E-state index contributed by atoms with van der Waals surface area (Å²) in [6, 6.07) is 10.5. The lowest BCUT2D eigenvalue weighted by molar-refractivity contribution is 0.0763. The molecule has 1 aliphatic rings. The number of aryl methyl sites for hydroxylation is 1. The highest BCUT2D eigenvalue weighted by Gasteiger charge is 2.26. The summed E-state index contributed by atoms with van der Waals surface area (Å²) in [6.45, 7) is 1.51. The van der Waals surface area contributed by atoms with Gasteiger partial charge in [0.2, 0.25) is 5.88 Å². The van der Waals surface area contributed by atoms with E-state index in [4.69, 9.17) is 4.74 Å². The van der Waals surface area contributed by atoms with E-state index in [0.29, 0.717) is 16.7 Å². The third kappa shape index (κ3) is 3.52. The van der Waals surface area contributed by atoms with E-state index in [1.54, 1.807) is 25.0 Å². The highest BCUT2D eigenvalue weighted by Crippen LogP contribution is 2.34. The Morgan fingerprint density at radius 1 is 1.30 bits per heavy atom. The van der Waals surface area contributed by atoms with Gasteiger partial charge in [0.1, 0.15) is 5.56 Å². The third-order valence-corrected chi connectivity index (χ3v) is 5.35. The van der Waals surface area contributed by atoms with Crippen molar-refractivity contribution in [1.82, 2.24) is 14.7 Å². The largest absolute Gasteiger partial charge is 0.479 e. The molecule has 0 bridgehead atoms. The van der Waals surface area contributed by atoms with Gasteiger partial charge in [-0.2, -0.15) is 11.8 Å². The van der Waals surface area contributed by atoms with Crippen molar-refractivity contribution in [2.24, 2.45) is 7.05 Å². The molecule has 0 aliphatic carbocycles. The van der Waals surface area contributed by atoms with Crippen molar-refractivity contribution in [3.05, 3.63) is 47.7 Å². The van der Waals surface area contributed by atoms with Crippen molar-refractivity contribution >= 4 is 17.7 Å². The van der Waals surface area contributed by atoms with Crippen LogP contribution >= 0.6 is 11.8 Å². The van der Waals surface area contributed by atoms with Crippen LogP contribution in [0.1, 0.15) is 27.6 Å². The van der Waals surface area contributed by atoms with Crippen molar-refractivity contribution in [3.8, 4) is 5.88 Å². The number of amides is 1. The first-order valence-electron chi connectivity index (χ1n) is 7.72. The van der Waals surface area contributed by atoms with Crippen LogP contribution in [0.25, 0.3) is 0 Å². The Bertz CT molecular complexity index is 672. The van der Waals surface area contributed by atoms with Gasteiger partial charge in [-0.05, 0) is 12.0 Å². The minimum atomic E-state index is 0.00395. The molecule has 1 aromatic carbocycles. The molecule has 1 amide bonds. The van der Waals surface area contributed by atoms with Gasteiger partial charge in [0.15, 0.2) is 0 Å². The maximum atomic E-state index is 12.8. The standard InChI is InChI=1S/C17H21N3O2S/c1-19-12-14(16(18-19)22-2)17(21)20-9-8-15(23-11-10-20)13-6-4-3-5-7-13/h3-7,12,15H,8-11H2,1-2H3. The van der Waals surface area contributed by atoms with E-state index in [2.05, 4.69) is 29.4 Å². The number of thioether (sulfide) groups is 1. The molecule has 0 N–H and O–H groups in total. The summed E-state index contributed by atoms with van der Waals surface area (Å²) in [5, 5.41) is 4.62. The second kappa shape index (κ2) is 7.08. The molecule has 2 aromatic rings. The number of hydrogen-bond donors (Lipinski definition) is 0. The zero-order valence-electron chi connectivity index (χ0n) is 13.4. The summed E-state index contributed by atoms with van der Waals surface area (Å²) >= 11 is 1.92. The van der Waals surface area contributed by atoms with Crippen molar-refractivity contribution < 1.29 is 9.53 Å². The Kier molecular flexibility index (Phi) is 4.91. The molecule has 1 aromatic heterocycles. The summed E-state index contributed by atoms with van der Waals surface area (Å²) in [5.74, 6) is 1.34. The minimum absolute atomic E-state index is 0.00395. The van der Waals surface area contributed by atoms with Crippen LogP contribution in [0.4, 0.5) is 0 Å². The fourth-order valence-corrected chi connectivity index (χ4v) is 4.07. The molecule has 1 unspecified atom stereocenters. The molecule has 0 spiro atoms. The van der Waals surface area contributed by atoms with Crippen LogP contribution in [0.2, 0.25) is 0 Å². The molecule has 0 radical (unpaired) electrons. The Morgan fingerprint density at radius 2 is 2.09 bits per heavy atom. The average Bonchev–Trinajstić information content (AvgIpc) is 2.80. The second-order valence-corrected chi connectivity index (χ2v) is 6.89. The van der Waals surface area contributed by atoms with E-state index >= 15 is 0 Å². The number of hydrogen-bond acceptors (Lipinski definition) is 4. The van der Waals surface area contributed by atoms with Crippen LogP contribution in [-0.2, 0) is 7.05 Å². The number of carbonyl (C=O) groups is 1. The molecule has 5 nitrogen and oxygen atoms in total. The van der Waals surface area contributed by atoms with E-state index in [0.717, 1.165) is 25.3 Å². The molecule has 1 saturated heterocycles.